The maximum absolute atomic E-state index is 13.3. The maximum atomic E-state index is 13.3. The minimum absolute atomic E-state index is 0.344. The largest absolute Gasteiger partial charge is 0.463 e. The van der Waals surface area contributed by atoms with Crippen LogP contribution in [0.1, 0.15) is 17.3 Å². The number of ketones is 1. The van der Waals surface area contributed by atoms with Crippen LogP contribution in [-0.4, -0.2) is 24.5 Å². The summed E-state index contributed by atoms with van der Waals surface area (Å²) in [5.41, 5.74) is -2.03. The van der Waals surface area contributed by atoms with E-state index in [-0.39, 0.29) is 6.61 Å². The number of Topliss-reactive ketones (excluding diaryl/α,β-unsaturated/α-hetero) is 1. The minimum Gasteiger partial charge on any atom is -0.463 e. The summed E-state index contributed by atoms with van der Waals surface area (Å²) < 4.78 is 82.1. The minimum atomic E-state index is -3.19. The van der Waals surface area contributed by atoms with Crippen molar-refractivity contribution >= 4 is 11.8 Å². The number of hydrogen-bond acceptors (Lipinski definition) is 3. The van der Waals surface area contributed by atoms with Crippen LogP contribution >= 0.6 is 0 Å². The van der Waals surface area contributed by atoms with Gasteiger partial charge in [-0.05, 0) is 6.92 Å². The average molecular weight is 300 g/mol. The van der Waals surface area contributed by atoms with Crippen LogP contribution in [0.3, 0.4) is 0 Å². The van der Waals surface area contributed by atoms with Crippen molar-refractivity contribution in [3.05, 3.63) is 34.6 Å². The van der Waals surface area contributed by atoms with Crippen LogP contribution in [0.5, 0.6) is 0 Å². The lowest BCUT2D eigenvalue weighted by Gasteiger charge is -2.10. The number of halogens is 6. The smallest absolute Gasteiger partial charge is 0.349 e. The Balaban J connectivity index is 3.34. The summed E-state index contributed by atoms with van der Waals surface area (Å²) in [6.45, 7) is 0.914. The van der Waals surface area contributed by atoms with Crippen molar-refractivity contribution in [2.45, 2.75) is 13.1 Å². The molecule has 0 radical (unpaired) electrons. The van der Waals surface area contributed by atoms with Gasteiger partial charge >= 0.3 is 5.97 Å². The fourth-order valence-corrected chi connectivity index (χ4v) is 1.27. The van der Waals surface area contributed by atoms with Crippen molar-refractivity contribution in [2.24, 2.45) is 0 Å². The van der Waals surface area contributed by atoms with E-state index in [2.05, 4.69) is 4.74 Å². The summed E-state index contributed by atoms with van der Waals surface area (Å²) in [5.74, 6) is -16.4. The highest BCUT2D eigenvalue weighted by Gasteiger charge is 2.37. The van der Waals surface area contributed by atoms with E-state index in [9.17, 15) is 35.9 Å². The molecule has 1 aromatic rings. The molecule has 0 bridgehead atoms. The molecule has 0 N–H and O–H groups in total. The molecule has 1 rings (SSSR count). The number of alkyl halides is 1. The van der Waals surface area contributed by atoms with Gasteiger partial charge in [0.15, 0.2) is 23.3 Å². The Morgan fingerprint density at radius 2 is 1.35 bits per heavy atom. The van der Waals surface area contributed by atoms with Crippen LogP contribution in [0.2, 0.25) is 0 Å². The van der Waals surface area contributed by atoms with E-state index in [4.69, 9.17) is 0 Å². The number of rotatable bonds is 4. The Kier molecular flexibility index (Phi) is 4.74. The lowest BCUT2D eigenvalue weighted by Crippen LogP contribution is -2.30. The number of esters is 1. The molecule has 0 saturated heterocycles. The molecular weight excluding hydrogens is 294 g/mol. The summed E-state index contributed by atoms with van der Waals surface area (Å²) in [6.07, 6.45) is -3.19. The van der Waals surface area contributed by atoms with Gasteiger partial charge in [-0.3, -0.25) is 4.79 Å². The Morgan fingerprint density at radius 3 is 1.75 bits per heavy atom. The molecule has 3 nitrogen and oxygen atoms in total. The van der Waals surface area contributed by atoms with Crippen molar-refractivity contribution in [1.82, 2.24) is 0 Å². The highest BCUT2D eigenvalue weighted by molar-refractivity contribution is 6.11. The molecule has 0 spiro atoms. The van der Waals surface area contributed by atoms with Crippen LogP contribution in [0.25, 0.3) is 0 Å². The first kappa shape index (κ1) is 16.0. The second kappa shape index (κ2) is 5.93. The maximum Gasteiger partial charge on any atom is 0.349 e. The molecule has 0 aliphatic carbocycles. The van der Waals surface area contributed by atoms with Gasteiger partial charge < -0.3 is 4.74 Å². The van der Waals surface area contributed by atoms with Crippen molar-refractivity contribution in [3.8, 4) is 0 Å². The summed E-state index contributed by atoms with van der Waals surface area (Å²) >= 11 is 0. The normalized spacial score (nSPS) is 12.2. The quantitative estimate of drug-likeness (QED) is 0.214. The molecule has 20 heavy (non-hydrogen) atoms. The van der Waals surface area contributed by atoms with Crippen molar-refractivity contribution in [3.63, 3.8) is 0 Å². The Morgan fingerprint density at radius 1 is 0.950 bits per heavy atom. The second-order valence-electron chi connectivity index (χ2n) is 3.42. The SMILES string of the molecule is CCOC(=O)C(F)C(=O)c1c(F)c(F)c(F)c(F)c1F. The van der Waals surface area contributed by atoms with E-state index in [1.165, 1.54) is 6.92 Å². The third-order valence-electron chi connectivity index (χ3n) is 2.18. The number of hydrogen-bond donors (Lipinski definition) is 0. The van der Waals surface area contributed by atoms with E-state index in [0.29, 0.717) is 0 Å². The Bertz CT molecular complexity index is 543. The Hall–Kier alpha value is -2.06. The van der Waals surface area contributed by atoms with Crippen molar-refractivity contribution in [2.75, 3.05) is 6.61 Å². The predicted molar refractivity (Wildman–Crippen MR) is 52.1 cm³/mol. The molecule has 0 heterocycles. The van der Waals surface area contributed by atoms with Crippen molar-refractivity contribution < 1.29 is 40.7 Å². The zero-order valence-electron chi connectivity index (χ0n) is 9.78. The van der Waals surface area contributed by atoms with Gasteiger partial charge in [-0.15, -0.1) is 0 Å². The first-order chi connectivity index (χ1) is 9.23. The average Bonchev–Trinajstić information content (AvgIpc) is 2.42. The number of benzene rings is 1. The molecule has 1 unspecified atom stereocenters. The van der Waals surface area contributed by atoms with E-state index >= 15 is 0 Å². The number of carbonyl (C=O) groups is 2. The lowest BCUT2D eigenvalue weighted by molar-refractivity contribution is -0.147. The van der Waals surface area contributed by atoms with Gasteiger partial charge in [-0.25, -0.2) is 31.1 Å². The zero-order valence-corrected chi connectivity index (χ0v) is 9.78. The zero-order chi connectivity index (χ0) is 15.6. The molecule has 0 aliphatic heterocycles. The van der Waals surface area contributed by atoms with Crippen LogP contribution in [0, 0.1) is 29.1 Å². The summed E-state index contributed by atoms with van der Waals surface area (Å²) in [4.78, 5) is 22.2. The number of carbonyl (C=O) groups excluding carboxylic acids is 2. The van der Waals surface area contributed by atoms with E-state index < -0.39 is 52.6 Å². The fraction of sp³-hybridized carbons (Fsp3) is 0.273. The van der Waals surface area contributed by atoms with Gasteiger partial charge in [-0.2, -0.15) is 0 Å². The standard InChI is InChI=1S/C11H6F6O3/c1-2-20-11(19)9(17)10(18)3-4(12)6(14)8(16)7(15)5(3)13/h9H,2H2,1H3. The monoisotopic (exact) mass is 300 g/mol. The summed E-state index contributed by atoms with van der Waals surface area (Å²) in [5, 5.41) is 0. The molecule has 0 aliphatic rings. The third kappa shape index (κ3) is 2.61. The molecule has 0 saturated carbocycles. The van der Waals surface area contributed by atoms with E-state index in [1.54, 1.807) is 0 Å². The molecule has 9 heteroatoms. The molecule has 0 fully saturated rings. The number of ether oxygens (including phenoxy) is 1. The predicted octanol–water partition coefficient (Wildman–Crippen LogP) is 2.47. The van der Waals surface area contributed by atoms with Gasteiger partial charge in [0.1, 0.15) is 0 Å². The molecule has 1 atom stereocenters. The van der Waals surface area contributed by atoms with Gasteiger partial charge in [0.05, 0.1) is 12.2 Å². The first-order valence-corrected chi connectivity index (χ1v) is 5.10. The second-order valence-corrected chi connectivity index (χ2v) is 3.42. The highest BCUT2D eigenvalue weighted by Crippen LogP contribution is 2.24. The molecule has 0 amide bonds. The van der Waals surface area contributed by atoms with Crippen LogP contribution < -0.4 is 0 Å². The molecular formula is C11H6F6O3. The fourth-order valence-electron chi connectivity index (χ4n) is 1.27. The molecule has 0 aromatic heterocycles. The topological polar surface area (TPSA) is 43.4 Å². The summed E-state index contributed by atoms with van der Waals surface area (Å²) in [7, 11) is 0. The van der Waals surface area contributed by atoms with E-state index in [1.807, 2.05) is 0 Å². The third-order valence-corrected chi connectivity index (χ3v) is 2.18. The molecule has 1 aromatic carbocycles. The molecule has 110 valence electrons. The Labute approximate surface area is 108 Å². The van der Waals surface area contributed by atoms with Crippen LogP contribution in [0.15, 0.2) is 0 Å². The van der Waals surface area contributed by atoms with Gasteiger partial charge in [0.25, 0.3) is 6.17 Å². The highest BCUT2D eigenvalue weighted by atomic mass is 19.2. The van der Waals surface area contributed by atoms with Crippen molar-refractivity contribution in [1.29, 1.82) is 0 Å². The first-order valence-electron chi connectivity index (χ1n) is 5.10. The summed E-state index contributed by atoms with van der Waals surface area (Å²) in [6, 6.07) is 0. The van der Waals surface area contributed by atoms with E-state index in [0.717, 1.165) is 0 Å². The van der Waals surface area contributed by atoms with Gasteiger partial charge in [-0.1, -0.05) is 0 Å². The van der Waals surface area contributed by atoms with Crippen LogP contribution in [-0.2, 0) is 9.53 Å². The van der Waals surface area contributed by atoms with Gasteiger partial charge in [0, 0.05) is 0 Å². The van der Waals surface area contributed by atoms with Crippen LogP contribution in [0.4, 0.5) is 26.3 Å². The lowest BCUT2D eigenvalue weighted by atomic mass is 10.0. The van der Waals surface area contributed by atoms with Gasteiger partial charge in [0.2, 0.25) is 11.6 Å².